The summed E-state index contributed by atoms with van der Waals surface area (Å²) >= 11 is 0. The average Bonchev–Trinajstić information content (AvgIpc) is 2.63. The zero-order valence-electron chi connectivity index (χ0n) is 14.5. The lowest BCUT2D eigenvalue weighted by Crippen LogP contribution is -2.30. The number of primary amides is 1. The van der Waals surface area contributed by atoms with Crippen molar-refractivity contribution in [2.75, 3.05) is 0 Å². The van der Waals surface area contributed by atoms with Crippen LogP contribution < -0.4 is 11.5 Å². The first-order valence-corrected chi connectivity index (χ1v) is 8.66. The van der Waals surface area contributed by atoms with Crippen LogP contribution in [0.5, 0.6) is 0 Å². The van der Waals surface area contributed by atoms with Crippen LogP contribution in [-0.2, 0) is 14.4 Å². The lowest BCUT2D eigenvalue weighted by atomic mass is 9.81. The van der Waals surface area contributed by atoms with Crippen molar-refractivity contribution >= 4 is 28.9 Å². The number of carbonyl (C=O) groups is 3. The van der Waals surface area contributed by atoms with Crippen LogP contribution in [0, 0.1) is 5.92 Å². The van der Waals surface area contributed by atoms with Gasteiger partial charge in [-0.15, -0.1) is 0 Å². The second kappa shape index (κ2) is 9.10. The molecule has 0 aliphatic carbocycles. The molecule has 26 heavy (non-hydrogen) atoms. The molecule has 0 aromatic heterocycles. The fraction of sp³-hybridized carbons (Fsp3) is 0.350. The van der Waals surface area contributed by atoms with Crippen LogP contribution in [0.2, 0.25) is 0 Å². The zero-order valence-corrected chi connectivity index (χ0v) is 14.5. The lowest BCUT2D eigenvalue weighted by Gasteiger charge is -2.22. The Bertz CT molecular complexity index is 785. The molecular weight excluding hydrogens is 332 g/mol. The van der Waals surface area contributed by atoms with Crippen LogP contribution in [0.25, 0.3) is 10.8 Å². The number of carbonyl (C=O) groups excluding carboxylic acids is 2. The first-order chi connectivity index (χ1) is 12.5. The normalized spacial score (nSPS) is 14.5. The number of hydrogen-bond donors (Lipinski definition) is 3. The molecule has 2 rings (SSSR count). The Kier molecular flexibility index (Phi) is 6.86. The topological polar surface area (TPSA) is 123 Å². The summed E-state index contributed by atoms with van der Waals surface area (Å²) in [5, 5.41) is 10.7. The van der Waals surface area contributed by atoms with Gasteiger partial charge < -0.3 is 21.4 Å². The van der Waals surface area contributed by atoms with Gasteiger partial charge in [0.1, 0.15) is 12.3 Å². The summed E-state index contributed by atoms with van der Waals surface area (Å²) in [7, 11) is 0. The van der Waals surface area contributed by atoms with E-state index >= 15 is 0 Å². The van der Waals surface area contributed by atoms with Crippen molar-refractivity contribution in [3.63, 3.8) is 0 Å². The molecule has 0 saturated heterocycles. The van der Waals surface area contributed by atoms with Crippen LogP contribution in [0.15, 0.2) is 42.5 Å². The maximum atomic E-state index is 12.1. The summed E-state index contributed by atoms with van der Waals surface area (Å²) in [5.74, 6) is -2.85. The number of aliphatic carboxylic acids is 1. The molecule has 2 aromatic rings. The van der Waals surface area contributed by atoms with E-state index in [9.17, 15) is 14.4 Å². The zero-order chi connectivity index (χ0) is 19.1. The number of carboxylic acids is 1. The maximum absolute atomic E-state index is 12.1. The summed E-state index contributed by atoms with van der Waals surface area (Å²) in [6, 6.07) is 12.4. The Morgan fingerprint density at radius 2 is 1.69 bits per heavy atom. The highest BCUT2D eigenvalue weighted by molar-refractivity contribution is 5.94. The van der Waals surface area contributed by atoms with Crippen LogP contribution >= 0.6 is 0 Å². The molecule has 0 spiro atoms. The number of fused-ring (bicyclic) bond motifs is 1. The minimum atomic E-state index is -1.04. The van der Waals surface area contributed by atoms with Gasteiger partial charge in [-0.05, 0) is 29.2 Å². The highest BCUT2D eigenvalue weighted by atomic mass is 16.4. The molecule has 0 aliphatic heterocycles. The van der Waals surface area contributed by atoms with Crippen LogP contribution in [0.3, 0.4) is 0 Å². The first kappa shape index (κ1) is 19.6. The van der Waals surface area contributed by atoms with E-state index in [-0.39, 0.29) is 0 Å². The van der Waals surface area contributed by atoms with E-state index in [1.54, 1.807) is 0 Å². The van der Waals surface area contributed by atoms with E-state index in [1.807, 2.05) is 42.5 Å². The number of benzene rings is 2. The van der Waals surface area contributed by atoms with E-state index in [0.717, 1.165) is 22.6 Å². The Balaban J connectivity index is 2.17. The summed E-state index contributed by atoms with van der Waals surface area (Å²) in [4.78, 5) is 34.6. The van der Waals surface area contributed by atoms with E-state index in [1.165, 1.54) is 0 Å². The number of unbranched alkanes of at least 4 members (excludes halogenated alkanes) is 1. The van der Waals surface area contributed by atoms with Gasteiger partial charge in [0.05, 0.1) is 5.92 Å². The Hall–Kier alpha value is -2.73. The van der Waals surface area contributed by atoms with Crippen molar-refractivity contribution in [1.82, 2.24) is 0 Å². The molecule has 3 unspecified atom stereocenters. The Morgan fingerprint density at radius 3 is 2.35 bits per heavy atom. The second-order valence-corrected chi connectivity index (χ2v) is 6.48. The standard InChI is InChI=1S/C20H24N2O4/c21-17(20(25)26)11-4-2-7-14(12-23)18(19(22)24)16-10-5-8-13-6-1-3-9-15(13)16/h1,3,5-6,8-10,12,14,17-18H,2,4,7,11,21H2,(H2,22,24)(H,25,26). The second-order valence-electron chi connectivity index (χ2n) is 6.48. The number of amides is 1. The summed E-state index contributed by atoms with van der Waals surface area (Å²) < 4.78 is 0. The lowest BCUT2D eigenvalue weighted by molar-refractivity contribution is -0.138. The fourth-order valence-corrected chi connectivity index (χ4v) is 3.30. The molecule has 0 aliphatic rings. The SMILES string of the molecule is NC(=O)C(c1cccc2ccccc12)C(C=O)CCCCC(N)C(=O)O. The van der Waals surface area contributed by atoms with Gasteiger partial charge in [0.25, 0.3) is 0 Å². The number of hydrogen-bond acceptors (Lipinski definition) is 4. The Morgan fingerprint density at radius 1 is 1.04 bits per heavy atom. The van der Waals surface area contributed by atoms with Crippen LogP contribution in [0.1, 0.15) is 37.2 Å². The molecule has 0 saturated carbocycles. The predicted octanol–water partition coefficient (Wildman–Crippen LogP) is 2.20. The third kappa shape index (κ3) is 4.67. The molecule has 6 heteroatoms. The molecular formula is C20H24N2O4. The molecule has 0 fully saturated rings. The monoisotopic (exact) mass is 356 g/mol. The fourth-order valence-electron chi connectivity index (χ4n) is 3.30. The largest absolute Gasteiger partial charge is 0.480 e. The van der Waals surface area contributed by atoms with E-state index in [2.05, 4.69) is 0 Å². The predicted molar refractivity (Wildman–Crippen MR) is 99.5 cm³/mol. The molecule has 0 heterocycles. The molecule has 0 radical (unpaired) electrons. The highest BCUT2D eigenvalue weighted by Crippen LogP contribution is 2.32. The molecule has 2 aromatic carbocycles. The van der Waals surface area contributed by atoms with Gasteiger partial charge >= 0.3 is 5.97 Å². The highest BCUT2D eigenvalue weighted by Gasteiger charge is 2.29. The summed E-state index contributed by atoms with van der Waals surface area (Å²) in [6.07, 6.45) is 2.72. The van der Waals surface area contributed by atoms with Crippen molar-refractivity contribution < 1.29 is 19.5 Å². The maximum Gasteiger partial charge on any atom is 0.320 e. The minimum Gasteiger partial charge on any atom is -0.480 e. The van der Waals surface area contributed by atoms with Crippen molar-refractivity contribution in [2.45, 2.75) is 37.6 Å². The van der Waals surface area contributed by atoms with Crippen molar-refractivity contribution in [2.24, 2.45) is 17.4 Å². The Labute approximate surface area is 152 Å². The molecule has 6 nitrogen and oxygen atoms in total. The van der Waals surface area contributed by atoms with Gasteiger partial charge in [-0.1, -0.05) is 55.3 Å². The number of rotatable bonds is 10. The average molecular weight is 356 g/mol. The van der Waals surface area contributed by atoms with Crippen LogP contribution in [-0.4, -0.2) is 29.3 Å². The molecule has 5 N–H and O–H groups in total. The van der Waals surface area contributed by atoms with Gasteiger partial charge in [0.15, 0.2) is 0 Å². The molecule has 1 amide bonds. The van der Waals surface area contributed by atoms with E-state index in [0.29, 0.717) is 25.7 Å². The third-order valence-electron chi connectivity index (χ3n) is 4.69. The van der Waals surface area contributed by atoms with Crippen molar-refractivity contribution in [3.8, 4) is 0 Å². The van der Waals surface area contributed by atoms with Crippen molar-refractivity contribution in [1.29, 1.82) is 0 Å². The number of carboxylic acid groups (broad SMARTS) is 1. The summed E-state index contributed by atoms with van der Waals surface area (Å²) in [5.41, 5.74) is 11.9. The third-order valence-corrected chi connectivity index (χ3v) is 4.69. The number of aldehydes is 1. The molecule has 138 valence electrons. The van der Waals surface area contributed by atoms with E-state index in [4.69, 9.17) is 16.6 Å². The van der Waals surface area contributed by atoms with Crippen molar-refractivity contribution in [3.05, 3.63) is 48.0 Å². The van der Waals surface area contributed by atoms with E-state index < -0.39 is 29.8 Å². The summed E-state index contributed by atoms with van der Waals surface area (Å²) in [6.45, 7) is 0. The first-order valence-electron chi connectivity index (χ1n) is 8.66. The molecule has 3 atom stereocenters. The minimum absolute atomic E-state index is 0.330. The smallest absolute Gasteiger partial charge is 0.320 e. The van der Waals surface area contributed by atoms with Gasteiger partial charge in [-0.2, -0.15) is 0 Å². The van der Waals surface area contributed by atoms with Gasteiger partial charge in [-0.25, -0.2) is 0 Å². The van der Waals surface area contributed by atoms with Gasteiger partial charge in [0.2, 0.25) is 5.91 Å². The quantitative estimate of drug-likeness (QED) is 0.445. The number of nitrogens with two attached hydrogens (primary N) is 2. The molecule has 0 bridgehead atoms. The van der Waals surface area contributed by atoms with Crippen LogP contribution in [0.4, 0.5) is 0 Å². The van der Waals surface area contributed by atoms with Gasteiger partial charge in [-0.3, -0.25) is 9.59 Å². The van der Waals surface area contributed by atoms with Gasteiger partial charge in [0, 0.05) is 5.92 Å².